The van der Waals surface area contributed by atoms with E-state index in [0.29, 0.717) is 50.5 Å². The van der Waals surface area contributed by atoms with Crippen molar-refractivity contribution in [3.05, 3.63) is 30.3 Å². The summed E-state index contributed by atoms with van der Waals surface area (Å²) in [5.41, 5.74) is -0.493. The van der Waals surface area contributed by atoms with Gasteiger partial charge in [-0.3, -0.25) is 0 Å². The molecule has 0 spiro atoms. The summed E-state index contributed by atoms with van der Waals surface area (Å²) in [4.78, 5) is 13.4. The molecule has 1 atom stereocenters. The van der Waals surface area contributed by atoms with E-state index in [1.165, 1.54) is 9.21 Å². The number of hydrogen-bond acceptors (Lipinski definition) is 4. The van der Waals surface area contributed by atoms with Crippen LogP contribution in [-0.4, -0.2) is 67.1 Å². The summed E-state index contributed by atoms with van der Waals surface area (Å²) < 4.78 is 27.0. The Morgan fingerprint density at radius 2 is 1.84 bits per heavy atom. The lowest BCUT2D eigenvalue weighted by Gasteiger charge is -2.50. The Labute approximate surface area is 148 Å². The maximum Gasteiger partial charge on any atom is 0.407 e. The van der Waals surface area contributed by atoms with E-state index in [2.05, 4.69) is 5.32 Å². The molecule has 2 aliphatic rings. The highest BCUT2D eigenvalue weighted by molar-refractivity contribution is 7.89. The maximum atomic E-state index is 12.7. The molecule has 2 saturated heterocycles. The summed E-state index contributed by atoms with van der Waals surface area (Å²) in [5.74, 6) is 0.138. The minimum atomic E-state index is -3.48. The lowest BCUT2D eigenvalue weighted by atomic mass is 9.77. The van der Waals surface area contributed by atoms with Crippen molar-refractivity contribution in [1.29, 1.82) is 0 Å². The summed E-state index contributed by atoms with van der Waals surface area (Å²) >= 11 is 0. The van der Waals surface area contributed by atoms with Crippen LogP contribution < -0.4 is 5.32 Å². The van der Waals surface area contributed by atoms with Crippen LogP contribution in [0.4, 0.5) is 4.79 Å². The first kappa shape index (κ1) is 18.2. The van der Waals surface area contributed by atoms with Crippen molar-refractivity contribution in [2.75, 3.05) is 32.7 Å². The van der Waals surface area contributed by atoms with Crippen LogP contribution >= 0.6 is 0 Å². The van der Waals surface area contributed by atoms with Gasteiger partial charge in [0.25, 0.3) is 0 Å². The zero-order chi connectivity index (χ0) is 18.1. The predicted molar refractivity (Wildman–Crippen MR) is 93.9 cm³/mol. The molecule has 1 aromatic carbocycles. The van der Waals surface area contributed by atoms with Gasteiger partial charge in [-0.25, -0.2) is 13.2 Å². The highest BCUT2D eigenvalue weighted by Gasteiger charge is 2.45. The normalized spacial score (nSPS) is 26.5. The number of piperazine rings is 1. The van der Waals surface area contributed by atoms with Gasteiger partial charge >= 0.3 is 6.09 Å². The van der Waals surface area contributed by atoms with E-state index in [1.54, 1.807) is 30.3 Å². The van der Waals surface area contributed by atoms with Crippen molar-refractivity contribution in [2.45, 2.75) is 30.2 Å². The van der Waals surface area contributed by atoms with E-state index < -0.39 is 21.7 Å². The third-order valence-electron chi connectivity index (χ3n) is 5.56. The molecule has 138 valence electrons. The molecular weight excluding hydrogens is 342 g/mol. The zero-order valence-electron chi connectivity index (χ0n) is 14.4. The molecule has 1 amide bonds. The van der Waals surface area contributed by atoms with Gasteiger partial charge in [0.05, 0.1) is 10.4 Å². The van der Waals surface area contributed by atoms with E-state index in [1.807, 2.05) is 6.92 Å². The van der Waals surface area contributed by atoms with Gasteiger partial charge < -0.3 is 15.3 Å². The van der Waals surface area contributed by atoms with E-state index in [-0.39, 0.29) is 5.92 Å². The lowest BCUT2D eigenvalue weighted by Crippen LogP contribution is -2.65. The summed E-state index contributed by atoms with van der Waals surface area (Å²) in [6, 6.07) is 8.46. The van der Waals surface area contributed by atoms with Gasteiger partial charge in [0, 0.05) is 32.7 Å². The maximum absolute atomic E-state index is 12.7. The van der Waals surface area contributed by atoms with Crippen LogP contribution in [0, 0.1) is 5.92 Å². The second kappa shape index (κ2) is 6.93. The summed E-state index contributed by atoms with van der Waals surface area (Å²) in [6.07, 6.45) is 0.422. The fourth-order valence-corrected chi connectivity index (χ4v) is 5.51. The topological polar surface area (TPSA) is 90.0 Å². The molecule has 2 aliphatic heterocycles. The van der Waals surface area contributed by atoms with Crippen molar-refractivity contribution >= 4 is 16.1 Å². The van der Waals surface area contributed by atoms with Crippen molar-refractivity contribution in [2.24, 2.45) is 5.92 Å². The van der Waals surface area contributed by atoms with Gasteiger partial charge in [0.1, 0.15) is 0 Å². The van der Waals surface area contributed by atoms with Gasteiger partial charge in [-0.2, -0.15) is 4.31 Å². The number of nitrogens with one attached hydrogen (secondary N) is 1. The van der Waals surface area contributed by atoms with Crippen molar-refractivity contribution in [3.63, 3.8) is 0 Å². The van der Waals surface area contributed by atoms with Crippen LogP contribution in [0.1, 0.15) is 19.8 Å². The first-order valence-electron chi connectivity index (χ1n) is 8.62. The highest BCUT2D eigenvalue weighted by Crippen LogP contribution is 2.35. The van der Waals surface area contributed by atoms with Crippen molar-refractivity contribution < 1.29 is 18.3 Å². The van der Waals surface area contributed by atoms with Crippen LogP contribution in [0.3, 0.4) is 0 Å². The molecule has 7 nitrogen and oxygen atoms in total. The number of sulfonamides is 1. The molecule has 1 unspecified atom stereocenters. The Hall–Kier alpha value is -1.64. The number of piperidine rings is 1. The van der Waals surface area contributed by atoms with Gasteiger partial charge in [-0.1, -0.05) is 18.2 Å². The van der Waals surface area contributed by atoms with E-state index >= 15 is 0 Å². The highest BCUT2D eigenvalue weighted by atomic mass is 32.2. The SMILES string of the molecule is CC1(C2CCN(S(=O)(=O)c3ccccc3)CC2)CNCCN1C(=O)O. The minimum Gasteiger partial charge on any atom is -0.465 e. The standard InChI is InChI=1S/C17H25N3O4S/c1-17(13-18-9-12-20(17)16(21)22)14-7-10-19(11-8-14)25(23,24)15-5-3-2-4-6-15/h2-6,14,18H,7-13H2,1H3,(H,21,22). The summed E-state index contributed by atoms with van der Waals surface area (Å²) in [6.45, 7) is 4.54. The second-order valence-electron chi connectivity index (χ2n) is 6.96. The molecule has 8 heteroatoms. The van der Waals surface area contributed by atoms with E-state index in [4.69, 9.17) is 0 Å². The largest absolute Gasteiger partial charge is 0.465 e. The Morgan fingerprint density at radius 1 is 1.20 bits per heavy atom. The number of carbonyl (C=O) groups is 1. The average Bonchev–Trinajstić information content (AvgIpc) is 2.62. The van der Waals surface area contributed by atoms with Gasteiger partial charge in [-0.15, -0.1) is 0 Å². The third kappa shape index (κ3) is 3.38. The van der Waals surface area contributed by atoms with Crippen LogP contribution in [0.25, 0.3) is 0 Å². The number of carboxylic acid groups (broad SMARTS) is 1. The molecule has 2 N–H and O–H groups in total. The smallest absolute Gasteiger partial charge is 0.407 e. The number of nitrogens with zero attached hydrogens (tertiary/aromatic N) is 2. The molecule has 2 fully saturated rings. The Kier molecular flexibility index (Phi) is 5.04. The first-order chi connectivity index (χ1) is 11.9. The molecule has 0 bridgehead atoms. The van der Waals surface area contributed by atoms with Crippen LogP contribution in [0.5, 0.6) is 0 Å². The summed E-state index contributed by atoms with van der Waals surface area (Å²) in [7, 11) is -3.48. The van der Waals surface area contributed by atoms with Crippen LogP contribution in [0.2, 0.25) is 0 Å². The minimum absolute atomic E-state index is 0.138. The molecule has 0 saturated carbocycles. The van der Waals surface area contributed by atoms with Gasteiger partial charge in [0.2, 0.25) is 10.0 Å². The molecule has 1 aromatic rings. The van der Waals surface area contributed by atoms with Crippen LogP contribution in [-0.2, 0) is 10.0 Å². The fourth-order valence-electron chi connectivity index (χ4n) is 4.02. The zero-order valence-corrected chi connectivity index (χ0v) is 15.2. The van der Waals surface area contributed by atoms with Crippen molar-refractivity contribution in [3.8, 4) is 0 Å². The quantitative estimate of drug-likeness (QED) is 0.843. The number of hydrogen-bond donors (Lipinski definition) is 2. The molecule has 0 aliphatic carbocycles. The number of amides is 1. The molecule has 3 rings (SSSR count). The first-order valence-corrected chi connectivity index (χ1v) is 10.1. The van der Waals surface area contributed by atoms with Crippen LogP contribution in [0.15, 0.2) is 35.2 Å². The fraction of sp³-hybridized carbons (Fsp3) is 0.588. The molecular formula is C17H25N3O4S. The summed E-state index contributed by atoms with van der Waals surface area (Å²) in [5, 5.41) is 12.8. The number of rotatable bonds is 3. The number of benzene rings is 1. The molecule has 0 aromatic heterocycles. The molecule has 2 heterocycles. The average molecular weight is 367 g/mol. The van der Waals surface area contributed by atoms with E-state index in [0.717, 1.165) is 0 Å². The Bertz CT molecular complexity index is 717. The van der Waals surface area contributed by atoms with E-state index in [9.17, 15) is 18.3 Å². The third-order valence-corrected chi connectivity index (χ3v) is 7.47. The molecule has 0 radical (unpaired) electrons. The second-order valence-corrected chi connectivity index (χ2v) is 8.90. The monoisotopic (exact) mass is 367 g/mol. The predicted octanol–water partition coefficient (Wildman–Crippen LogP) is 1.43. The lowest BCUT2D eigenvalue weighted by molar-refractivity contribution is 0.0132. The van der Waals surface area contributed by atoms with Gasteiger partial charge in [-0.05, 0) is 37.8 Å². The Morgan fingerprint density at radius 3 is 2.44 bits per heavy atom. The Balaban J connectivity index is 1.72. The van der Waals surface area contributed by atoms with Gasteiger partial charge in [0.15, 0.2) is 0 Å². The molecule has 25 heavy (non-hydrogen) atoms. The van der Waals surface area contributed by atoms with Crippen molar-refractivity contribution in [1.82, 2.24) is 14.5 Å².